The Bertz CT molecular complexity index is 3070. The number of nitrogens with zero attached hydrogens (tertiary/aromatic N) is 6. The standard InChI is InChI=1S/C29H31N5O3S.C24H23N5OS/c1-29(2,3)37-28(36)30-15-16-38-27-25-31-17-24(34(25)18-23(33-27)19-7-5-4-6-8-19)20-9-11-21(12-10-20)26(35)32-22-13-14-22;25-12-13-31-24-22-26-14-21(29(22)15-20(28-24)16-4-2-1-3-5-16)17-6-8-18(9-7-17)23(30)27-19-10-11-19/h4-12,17-18,22H,13-16H2,1-3H3,(H,30,36)(H,32,35);1-9,14-15,19H,10-13,25H2,(H,27,30). The van der Waals surface area contributed by atoms with Crippen LogP contribution in [0.1, 0.15) is 67.2 Å². The largest absolute Gasteiger partial charge is 0.444 e. The van der Waals surface area contributed by atoms with E-state index in [4.69, 9.17) is 20.4 Å². The Morgan fingerprint density at radius 1 is 0.623 bits per heavy atom. The molecule has 0 radical (unpaired) electrons. The molecule has 4 aromatic heterocycles. The second-order valence-corrected chi connectivity index (χ2v) is 20.0. The van der Waals surface area contributed by atoms with E-state index in [9.17, 15) is 14.4 Å². The van der Waals surface area contributed by atoms with Crippen LogP contribution in [0, 0.1) is 0 Å². The summed E-state index contributed by atoms with van der Waals surface area (Å²) in [4.78, 5) is 55.8. The predicted octanol–water partition coefficient (Wildman–Crippen LogP) is 9.58. The summed E-state index contributed by atoms with van der Waals surface area (Å²) in [6, 6.07) is 36.1. The first-order chi connectivity index (χ1) is 33.5. The van der Waals surface area contributed by atoms with E-state index < -0.39 is 11.7 Å². The molecule has 0 saturated heterocycles. The number of rotatable bonds is 15. The van der Waals surface area contributed by atoms with Crippen LogP contribution in [0.3, 0.4) is 0 Å². The fourth-order valence-electron chi connectivity index (χ4n) is 7.39. The molecule has 0 bridgehead atoms. The second-order valence-electron chi connectivity index (χ2n) is 17.8. The van der Waals surface area contributed by atoms with Crippen LogP contribution in [0.15, 0.2) is 144 Å². The van der Waals surface area contributed by atoms with Crippen LogP contribution in [0.2, 0.25) is 0 Å². The number of imidazole rings is 2. The average molecular weight is 959 g/mol. The summed E-state index contributed by atoms with van der Waals surface area (Å²) in [6.07, 6.45) is 11.5. The minimum atomic E-state index is -0.541. The molecule has 4 aromatic carbocycles. The highest BCUT2D eigenvalue weighted by molar-refractivity contribution is 7.99. The lowest BCUT2D eigenvalue weighted by Gasteiger charge is -2.19. The highest BCUT2D eigenvalue weighted by Gasteiger charge is 2.25. The first-order valence-corrected chi connectivity index (χ1v) is 25.1. The number of amides is 3. The molecule has 2 aliphatic rings. The van der Waals surface area contributed by atoms with E-state index in [1.807, 2.05) is 147 Å². The number of thioether (sulfide) groups is 2. The fourth-order valence-corrected chi connectivity index (χ4v) is 8.98. The lowest BCUT2D eigenvalue weighted by molar-refractivity contribution is 0.0531. The number of alkyl carbamates (subject to hydrolysis) is 1. The molecule has 2 aliphatic carbocycles. The molecular weight excluding hydrogens is 905 g/mol. The van der Waals surface area contributed by atoms with Gasteiger partial charge in [0.2, 0.25) is 0 Å². The number of hydrogen-bond donors (Lipinski definition) is 4. The van der Waals surface area contributed by atoms with Gasteiger partial charge >= 0.3 is 6.09 Å². The zero-order valence-electron chi connectivity index (χ0n) is 38.7. The first kappa shape index (κ1) is 47.1. The number of aromatic nitrogens is 6. The smallest absolute Gasteiger partial charge is 0.407 e. The van der Waals surface area contributed by atoms with Gasteiger partial charge < -0.3 is 26.4 Å². The van der Waals surface area contributed by atoms with Crippen molar-refractivity contribution in [3.8, 4) is 45.0 Å². The summed E-state index contributed by atoms with van der Waals surface area (Å²) in [5.74, 6) is 1.33. The molecule has 10 rings (SSSR count). The SMILES string of the molecule is CC(C)(C)OC(=O)NCCSc1nc(-c2ccccc2)cn2c(-c3ccc(C(=O)NC4CC4)cc3)cnc12.NCCSc1nc(-c2ccccc2)cn2c(-c3ccc(C(=O)NC4CC4)cc3)cnc12. The van der Waals surface area contributed by atoms with Crippen LogP contribution in [0.4, 0.5) is 4.79 Å². The molecule has 4 heterocycles. The fraction of sp³-hybridized carbons (Fsp3) is 0.264. The third kappa shape index (κ3) is 12.0. The van der Waals surface area contributed by atoms with Gasteiger partial charge in [-0.3, -0.25) is 18.4 Å². The summed E-state index contributed by atoms with van der Waals surface area (Å²) in [5, 5.41) is 10.5. The number of nitrogens with two attached hydrogens (primary N) is 1. The van der Waals surface area contributed by atoms with Crippen LogP contribution < -0.4 is 21.7 Å². The Balaban J connectivity index is 0.000000175. The summed E-state index contributed by atoms with van der Waals surface area (Å²) in [7, 11) is 0. The zero-order valence-corrected chi connectivity index (χ0v) is 40.4. The predicted molar refractivity (Wildman–Crippen MR) is 273 cm³/mol. The number of carbonyl (C=O) groups excluding carboxylic acids is 3. The van der Waals surface area contributed by atoms with Gasteiger partial charge in [0.25, 0.3) is 11.8 Å². The van der Waals surface area contributed by atoms with Crippen molar-refractivity contribution in [2.45, 2.75) is 74.2 Å². The summed E-state index contributed by atoms with van der Waals surface area (Å²) >= 11 is 3.14. The quantitative estimate of drug-likeness (QED) is 0.0567. The monoisotopic (exact) mass is 958 g/mol. The summed E-state index contributed by atoms with van der Waals surface area (Å²) < 4.78 is 9.43. The minimum absolute atomic E-state index is 0.0109. The van der Waals surface area contributed by atoms with Gasteiger partial charge in [-0.1, -0.05) is 84.9 Å². The van der Waals surface area contributed by atoms with Crippen LogP contribution in [0.5, 0.6) is 0 Å². The first-order valence-electron chi connectivity index (χ1n) is 23.1. The van der Waals surface area contributed by atoms with E-state index >= 15 is 0 Å². The molecule has 69 heavy (non-hydrogen) atoms. The Kier molecular flexibility index (Phi) is 14.4. The highest BCUT2D eigenvalue weighted by Crippen LogP contribution is 2.32. The minimum Gasteiger partial charge on any atom is -0.444 e. The molecule has 352 valence electrons. The molecule has 0 spiro atoms. The molecule has 2 fully saturated rings. The van der Waals surface area contributed by atoms with Gasteiger partial charge in [-0.05, 0) is 70.7 Å². The molecule has 3 amide bonds. The number of fused-ring (bicyclic) bond motifs is 2. The van der Waals surface area contributed by atoms with Crippen molar-refractivity contribution in [1.29, 1.82) is 0 Å². The maximum Gasteiger partial charge on any atom is 0.407 e. The maximum absolute atomic E-state index is 12.4. The Labute approximate surface area is 409 Å². The number of nitrogens with one attached hydrogen (secondary N) is 3. The van der Waals surface area contributed by atoms with Crippen molar-refractivity contribution >= 4 is 52.7 Å². The molecule has 0 unspecified atom stereocenters. The van der Waals surface area contributed by atoms with Crippen molar-refractivity contribution in [1.82, 2.24) is 44.7 Å². The van der Waals surface area contributed by atoms with Crippen molar-refractivity contribution in [2.75, 3.05) is 24.6 Å². The van der Waals surface area contributed by atoms with Crippen molar-refractivity contribution < 1.29 is 19.1 Å². The topological polar surface area (TPSA) is 183 Å². The van der Waals surface area contributed by atoms with Crippen LogP contribution in [-0.2, 0) is 4.74 Å². The van der Waals surface area contributed by atoms with Gasteiger partial charge in [-0.2, -0.15) is 0 Å². The highest BCUT2D eigenvalue weighted by atomic mass is 32.2. The van der Waals surface area contributed by atoms with E-state index in [1.54, 1.807) is 11.8 Å². The molecule has 2 saturated carbocycles. The van der Waals surface area contributed by atoms with Gasteiger partial charge in [0.1, 0.15) is 15.7 Å². The molecule has 8 aromatic rings. The van der Waals surface area contributed by atoms with Gasteiger partial charge in [0.15, 0.2) is 11.3 Å². The van der Waals surface area contributed by atoms with E-state index in [1.165, 1.54) is 11.8 Å². The Morgan fingerprint density at radius 3 is 1.46 bits per heavy atom. The van der Waals surface area contributed by atoms with Gasteiger partial charge in [0.05, 0.1) is 35.2 Å². The zero-order chi connectivity index (χ0) is 47.9. The Hall–Kier alpha value is -7.01. The lowest BCUT2D eigenvalue weighted by atomic mass is 10.1. The van der Waals surface area contributed by atoms with E-state index in [0.717, 1.165) is 97.8 Å². The Morgan fingerprint density at radius 2 is 1.06 bits per heavy atom. The van der Waals surface area contributed by atoms with E-state index in [0.29, 0.717) is 42.1 Å². The van der Waals surface area contributed by atoms with E-state index in [-0.39, 0.29) is 11.8 Å². The van der Waals surface area contributed by atoms with Crippen molar-refractivity contribution in [3.63, 3.8) is 0 Å². The van der Waals surface area contributed by atoms with Gasteiger partial charge in [0, 0.05) is 82.5 Å². The summed E-state index contributed by atoms with van der Waals surface area (Å²) in [6.45, 7) is 6.52. The van der Waals surface area contributed by atoms with Gasteiger partial charge in [-0.25, -0.2) is 24.7 Å². The average Bonchev–Trinajstić information content (AvgIpc) is 4.28. The molecular formula is C53H54N10O4S2. The number of benzene rings is 4. The normalized spacial score (nSPS) is 13.4. The number of carbonyl (C=O) groups is 3. The number of ether oxygens (including phenoxy) is 1. The number of hydrogen-bond acceptors (Lipinski definition) is 11. The van der Waals surface area contributed by atoms with Crippen LogP contribution in [0.25, 0.3) is 56.3 Å². The molecule has 5 N–H and O–H groups in total. The van der Waals surface area contributed by atoms with E-state index in [2.05, 4.69) is 42.5 Å². The third-order valence-corrected chi connectivity index (χ3v) is 13.1. The van der Waals surface area contributed by atoms with Crippen molar-refractivity contribution in [3.05, 3.63) is 145 Å². The maximum atomic E-state index is 12.4. The molecule has 16 heteroatoms. The van der Waals surface area contributed by atoms with Crippen LogP contribution >= 0.6 is 23.5 Å². The molecule has 0 aliphatic heterocycles. The second kappa shape index (κ2) is 21.1. The molecule has 14 nitrogen and oxygen atoms in total. The molecule has 0 atom stereocenters. The van der Waals surface area contributed by atoms with Crippen LogP contribution in [-0.4, -0.2) is 88.9 Å². The van der Waals surface area contributed by atoms with Gasteiger partial charge in [-0.15, -0.1) is 23.5 Å². The van der Waals surface area contributed by atoms with Crippen molar-refractivity contribution in [2.24, 2.45) is 5.73 Å². The third-order valence-electron chi connectivity index (χ3n) is 11.1. The lowest BCUT2D eigenvalue weighted by Crippen LogP contribution is -2.33. The summed E-state index contributed by atoms with van der Waals surface area (Å²) in [5.41, 5.74) is 15.6.